The van der Waals surface area contributed by atoms with Crippen molar-refractivity contribution in [2.75, 3.05) is 4.72 Å². The van der Waals surface area contributed by atoms with Crippen molar-refractivity contribution in [3.63, 3.8) is 0 Å². The molecule has 0 saturated carbocycles. The molecule has 0 atom stereocenters. The molecular formula is C19H15Cl2NO2S. The number of nitrogens with one attached hydrogen (secondary N) is 1. The molecule has 0 heterocycles. The first-order valence-corrected chi connectivity index (χ1v) is 9.07. The maximum absolute atomic E-state index is 9.95. The van der Waals surface area contributed by atoms with Crippen LogP contribution in [0.25, 0.3) is 0 Å². The third-order valence-corrected chi connectivity index (χ3v) is 4.75. The van der Waals surface area contributed by atoms with Crippen molar-refractivity contribution >= 4 is 40.8 Å². The van der Waals surface area contributed by atoms with Crippen LogP contribution in [0.2, 0.25) is 10.0 Å². The number of phenolic OH excluding ortho intramolecular Hbond substituents is 1. The first-order chi connectivity index (χ1) is 12.1. The molecule has 0 aliphatic heterocycles. The third-order valence-electron chi connectivity index (χ3n) is 3.37. The summed E-state index contributed by atoms with van der Waals surface area (Å²) in [7, 11) is 0. The van der Waals surface area contributed by atoms with Gasteiger partial charge in [0.1, 0.15) is 18.1 Å². The zero-order chi connectivity index (χ0) is 17.6. The second-order valence-corrected chi connectivity index (χ2v) is 6.93. The Kier molecular flexibility index (Phi) is 5.97. The molecule has 3 aromatic carbocycles. The van der Waals surface area contributed by atoms with Crippen molar-refractivity contribution < 1.29 is 9.84 Å². The SMILES string of the molecule is Oc1c(Cl)cc(Cl)cc1SNc1ccc(OCc2ccccc2)cc1. The number of anilines is 1. The summed E-state index contributed by atoms with van der Waals surface area (Å²) < 4.78 is 8.89. The molecular weight excluding hydrogens is 377 g/mol. The van der Waals surface area contributed by atoms with E-state index in [0.717, 1.165) is 17.0 Å². The van der Waals surface area contributed by atoms with Gasteiger partial charge < -0.3 is 14.6 Å². The molecule has 0 aliphatic rings. The Morgan fingerprint density at radius 1 is 0.960 bits per heavy atom. The van der Waals surface area contributed by atoms with E-state index in [1.807, 2.05) is 54.6 Å². The van der Waals surface area contributed by atoms with Gasteiger partial charge in [-0.1, -0.05) is 53.5 Å². The van der Waals surface area contributed by atoms with Gasteiger partial charge in [-0.25, -0.2) is 0 Å². The molecule has 6 heteroatoms. The van der Waals surface area contributed by atoms with E-state index < -0.39 is 0 Å². The highest BCUT2D eigenvalue weighted by Crippen LogP contribution is 2.37. The van der Waals surface area contributed by atoms with Crippen LogP contribution in [-0.2, 0) is 6.61 Å². The Morgan fingerprint density at radius 3 is 2.40 bits per heavy atom. The summed E-state index contributed by atoms with van der Waals surface area (Å²) in [4.78, 5) is 0.557. The van der Waals surface area contributed by atoms with E-state index in [0.29, 0.717) is 16.5 Å². The molecule has 2 N–H and O–H groups in total. The normalized spacial score (nSPS) is 10.5. The molecule has 0 aromatic heterocycles. The quantitative estimate of drug-likeness (QED) is 0.477. The van der Waals surface area contributed by atoms with Crippen LogP contribution in [0.15, 0.2) is 71.6 Å². The van der Waals surface area contributed by atoms with Crippen molar-refractivity contribution in [3.8, 4) is 11.5 Å². The Hall–Kier alpha value is -2.01. The lowest BCUT2D eigenvalue weighted by molar-refractivity contribution is 0.306. The molecule has 0 unspecified atom stereocenters. The van der Waals surface area contributed by atoms with E-state index in [2.05, 4.69) is 4.72 Å². The second-order valence-electron chi connectivity index (χ2n) is 5.24. The van der Waals surface area contributed by atoms with E-state index in [1.165, 1.54) is 18.0 Å². The molecule has 25 heavy (non-hydrogen) atoms. The van der Waals surface area contributed by atoms with E-state index >= 15 is 0 Å². The molecule has 0 amide bonds. The van der Waals surface area contributed by atoms with Crippen LogP contribution < -0.4 is 9.46 Å². The lowest BCUT2D eigenvalue weighted by atomic mass is 10.2. The van der Waals surface area contributed by atoms with Crippen molar-refractivity contribution in [2.45, 2.75) is 11.5 Å². The molecule has 3 rings (SSSR count). The van der Waals surface area contributed by atoms with Gasteiger partial charge in [-0.2, -0.15) is 0 Å². The van der Waals surface area contributed by atoms with Crippen molar-refractivity contribution in [1.82, 2.24) is 0 Å². The molecule has 0 saturated heterocycles. The molecule has 3 aromatic rings. The lowest BCUT2D eigenvalue weighted by Gasteiger charge is -2.10. The van der Waals surface area contributed by atoms with Gasteiger partial charge >= 0.3 is 0 Å². The first-order valence-electron chi connectivity index (χ1n) is 7.49. The summed E-state index contributed by atoms with van der Waals surface area (Å²) in [6.07, 6.45) is 0. The molecule has 128 valence electrons. The number of halogens is 2. The summed E-state index contributed by atoms with van der Waals surface area (Å²) >= 11 is 13.1. The fourth-order valence-corrected chi connectivity index (χ4v) is 3.46. The summed E-state index contributed by atoms with van der Waals surface area (Å²) in [6, 6.07) is 20.7. The molecule has 0 aliphatic carbocycles. The highest BCUT2D eigenvalue weighted by molar-refractivity contribution is 8.00. The number of benzene rings is 3. The van der Waals surface area contributed by atoms with Gasteiger partial charge in [0.25, 0.3) is 0 Å². The maximum Gasteiger partial charge on any atom is 0.149 e. The average Bonchev–Trinajstić information content (AvgIpc) is 2.63. The molecule has 0 bridgehead atoms. The van der Waals surface area contributed by atoms with Crippen molar-refractivity contribution in [3.05, 3.63) is 82.3 Å². The Labute approximate surface area is 160 Å². The van der Waals surface area contributed by atoms with Crippen molar-refractivity contribution in [1.29, 1.82) is 0 Å². The van der Waals surface area contributed by atoms with Crippen molar-refractivity contribution in [2.24, 2.45) is 0 Å². The van der Waals surface area contributed by atoms with Crippen LogP contribution in [0.5, 0.6) is 11.5 Å². The Bertz CT molecular complexity index is 842. The highest BCUT2D eigenvalue weighted by atomic mass is 35.5. The zero-order valence-electron chi connectivity index (χ0n) is 13.1. The van der Waals surface area contributed by atoms with Gasteiger partial charge in [-0.3, -0.25) is 0 Å². The van der Waals surface area contributed by atoms with Crippen LogP contribution in [0.3, 0.4) is 0 Å². The fourth-order valence-electron chi connectivity index (χ4n) is 2.09. The van der Waals surface area contributed by atoms with Gasteiger partial charge in [0.05, 0.1) is 9.92 Å². The second kappa shape index (κ2) is 8.39. The summed E-state index contributed by atoms with van der Waals surface area (Å²) in [5, 5.41) is 10.6. The average molecular weight is 392 g/mol. The highest BCUT2D eigenvalue weighted by Gasteiger charge is 2.09. The van der Waals surface area contributed by atoms with Crippen LogP contribution >= 0.6 is 35.1 Å². The number of ether oxygens (including phenoxy) is 1. The number of phenols is 1. The summed E-state index contributed by atoms with van der Waals surface area (Å²) in [5.41, 5.74) is 1.99. The molecule has 0 spiro atoms. The number of rotatable bonds is 6. The van der Waals surface area contributed by atoms with E-state index in [1.54, 1.807) is 6.07 Å². The summed E-state index contributed by atoms with van der Waals surface area (Å²) in [5.74, 6) is 0.791. The first kappa shape index (κ1) is 17.8. The zero-order valence-corrected chi connectivity index (χ0v) is 15.4. The van der Waals surface area contributed by atoms with Gasteiger partial charge in [0.15, 0.2) is 0 Å². The van der Waals surface area contributed by atoms with E-state index in [-0.39, 0.29) is 10.8 Å². The van der Waals surface area contributed by atoms with Crippen LogP contribution in [0.4, 0.5) is 5.69 Å². The Balaban J connectivity index is 1.58. The van der Waals surface area contributed by atoms with Gasteiger partial charge in [0, 0.05) is 10.7 Å². The maximum atomic E-state index is 9.95. The minimum Gasteiger partial charge on any atom is -0.505 e. The number of hydrogen-bond acceptors (Lipinski definition) is 4. The predicted octanol–water partition coefficient (Wildman–Crippen LogP) is 6.40. The van der Waals surface area contributed by atoms with E-state index in [4.69, 9.17) is 27.9 Å². The lowest BCUT2D eigenvalue weighted by Crippen LogP contribution is -1.95. The van der Waals surface area contributed by atoms with Crippen LogP contribution in [0, 0.1) is 0 Å². The fraction of sp³-hybridized carbons (Fsp3) is 0.0526. The monoisotopic (exact) mass is 391 g/mol. The Morgan fingerprint density at radius 2 is 1.68 bits per heavy atom. The molecule has 0 fully saturated rings. The topological polar surface area (TPSA) is 41.5 Å². The summed E-state index contributed by atoms with van der Waals surface area (Å²) in [6.45, 7) is 0.525. The smallest absolute Gasteiger partial charge is 0.149 e. The third kappa shape index (κ3) is 4.98. The minimum atomic E-state index is 0.00591. The van der Waals surface area contributed by atoms with Crippen LogP contribution in [-0.4, -0.2) is 5.11 Å². The molecule has 0 radical (unpaired) electrons. The largest absolute Gasteiger partial charge is 0.505 e. The van der Waals surface area contributed by atoms with Gasteiger partial charge in [-0.15, -0.1) is 0 Å². The minimum absolute atomic E-state index is 0.00591. The predicted molar refractivity (Wildman–Crippen MR) is 105 cm³/mol. The number of hydrogen-bond donors (Lipinski definition) is 2. The van der Waals surface area contributed by atoms with E-state index in [9.17, 15) is 5.11 Å². The molecule has 3 nitrogen and oxygen atoms in total. The van der Waals surface area contributed by atoms with Gasteiger partial charge in [0.2, 0.25) is 0 Å². The van der Waals surface area contributed by atoms with Crippen LogP contribution in [0.1, 0.15) is 5.56 Å². The number of aromatic hydroxyl groups is 1. The standard InChI is InChI=1S/C19H15Cl2NO2S/c20-14-10-17(21)19(23)18(11-14)25-22-15-6-8-16(9-7-15)24-12-13-4-2-1-3-5-13/h1-11,22-23H,12H2. The van der Waals surface area contributed by atoms with Gasteiger partial charge in [-0.05, 0) is 53.9 Å².